The lowest BCUT2D eigenvalue weighted by atomic mass is 10.2. The molecule has 1 heterocycles. The normalized spacial score (nSPS) is 10.7. The highest BCUT2D eigenvalue weighted by atomic mass is 16.1. The van der Waals surface area contributed by atoms with Crippen LogP contribution in [0.2, 0.25) is 0 Å². The molecule has 0 fully saturated rings. The largest absolute Gasteiger partial charge is 0.334 e. The highest BCUT2D eigenvalue weighted by Crippen LogP contribution is 2.17. The Balaban J connectivity index is 2.11. The zero-order chi connectivity index (χ0) is 12.3. The van der Waals surface area contributed by atoms with Crippen molar-refractivity contribution in [2.45, 2.75) is 12.8 Å². The molecule has 0 unspecified atom stereocenters. The summed E-state index contributed by atoms with van der Waals surface area (Å²) in [5, 5.41) is 2.83. The van der Waals surface area contributed by atoms with Crippen LogP contribution < -0.4 is 11.1 Å². The van der Waals surface area contributed by atoms with Gasteiger partial charge < -0.3 is 15.6 Å². The molecule has 90 valence electrons. The van der Waals surface area contributed by atoms with Gasteiger partial charge in [0.2, 0.25) is 5.91 Å². The van der Waals surface area contributed by atoms with E-state index < -0.39 is 0 Å². The second-order valence-electron chi connectivity index (χ2n) is 4.00. The molecule has 0 bridgehead atoms. The van der Waals surface area contributed by atoms with Crippen molar-refractivity contribution in [2.24, 2.45) is 12.8 Å². The number of hydrogen-bond donors (Lipinski definition) is 2. The number of nitrogens with two attached hydrogens (primary N) is 1. The molecule has 2 rings (SSSR count). The Morgan fingerprint density at radius 1 is 1.53 bits per heavy atom. The molecule has 0 saturated heterocycles. The number of imidazole rings is 1. The van der Waals surface area contributed by atoms with Crippen molar-refractivity contribution in [3.63, 3.8) is 0 Å². The van der Waals surface area contributed by atoms with Crippen LogP contribution in [-0.4, -0.2) is 22.0 Å². The van der Waals surface area contributed by atoms with Crippen molar-refractivity contribution in [1.82, 2.24) is 9.55 Å². The van der Waals surface area contributed by atoms with Crippen LogP contribution in [0.3, 0.4) is 0 Å². The van der Waals surface area contributed by atoms with E-state index in [2.05, 4.69) is 10.3 Å². The minimum absolute atomic E-state index is 0.00858. The summed E-state index contributed by atoms with van der Waals surface area (Å²) in [6.45, 7) is 0.534. The molecule has 0 aliphatic carbocycles. The second-order valence-corrected chi connectivity index (χ2v) is 4.00. The van der Waals surface area contributed by atoms with E-state index in [9.17, 15) is 4.79 Å². The van der Waals surface area contributed by atoms with Gasteiger partial charge in [-0.15, -0.1) is 0 Å². The number of aryl methyl sites for hydroxylation is 1. The van der Waals surface area contributed by atoms with Crippen molar-refractivity contribution in [3.8, 4) is 0 Å². The molecular formula is C12H16N4O. The Kier molecular flexibility index (Phi) is 3.39. The number of carbonyl (C=O) groups is 1. The molecule has 0 radical (unpaired) electrons. The van der Waals surface area contributed by atoms with E-state index in [4.69, 9.17) is 5.73 Å². The molecule has 0 aliphatic heterocycles. The van der Waals surface area contributed by atoms with Gasteiger partial charge in [0, 0.05) is 19.2 Å². The summed E-state index contributed by atoms with van der Waals surface area (Å²) in [6.07, 6.45) is 2.92. The second kappa shape index (κ2) is 4.97. The van der Waals surface area contributed by atoms with Crippen LogP contribution in [0.5, 0.6) is 0 Å². The average molecular weight is 232 g/mol. The Hall–Kier alpha value is -1.88. The molecule has 1 aromatic heterocycles. The van der Waals surface area contributed by atoms with E-state index in [0.717, 1.165) is 16.7 Å². The third kappa shape index (κ3) is 2.62. The standard InChI is InChI=1S/C12H16N4O/c1-16-8-14-10-7-9(4-5-11(10)16)15-12(17)3-2-6-13/h4-5,7-8H,2-3,6,13H2,1H3,(H,15,17). The molecule has 2 aromatic rings. The Morgan fingerprint density at radius 2 is 2.35 bits per heavy atom. The van der Waals surface area contributed by atoms with Gasteiger partial charge in [0.1, 0.15) is 0 Å². The SMILES string of the molecule is Cn1cnc2cc(NC(=O)CCCN)ccc21. The Labute approximate surface area is 99.6 Å². The monoisotopic (exact) mass is 232 g/mol. The van der Waals surface area contributed by atoms with Crippen molar-refractivity contribution in [3.05, 3.63) is 24.5 Å². The minimum atomic E-state index is -0.00858. The average Bonchev–Trinajstić information content (AvgIpc) is 2.68. The van der Waals surface area contributed by atoms with Crippen molar-refractivity contribution in [1.29, 1.82) is 0 Å². The number of fused-ring (bicyclic) bond motifs is 1. The first kappa shape index (κ1) is 11.6. The fourth-order valence-corrected chi connectivity index (χ4v) is 1.70. The summed E-state index contributed by atoms with van der Waals surface area (Å²) >= 11 is 0. The molecule has 0 atom stereocenters. The predicted molar refractivity (Wildman–Crippen MR) is 67.6 cm³/mol. The van der Waals surface area contributed by atoms with E-state index >= 15 is 0 Å². The molecule has 1 amide bonds. The van der Waals surface area contributed by atoms with Gasteiger partial charge >= 0.3 is 0 Å². The molecule has 0 spiro atoms. The van der Waals surface area contributed by atoms with Gasteiger partial charge in [0.05, 0.1) is 17.4 Å². The highest BCUT2D eigenvalue weighted by Gasteiger charge is 2.04. The van der Waals surface area contributed by atoms with Crippen LogP contribution >= 0.6 is 0 Å². The lowest BCUT2D eigenvalue weighted by molar-refractivity contribution is -0.116. The first-order chi connectivity index (χ1) is 8.20. The summed E-state index contributed by atoms with van der Waals surface area (Å²) in [4.78, 5) is 15.8. The van der Waals surface area contributed by atoms with Gasteiger partial charge in [-0.05, 0) is 31.2 Å². The van der Waals surface area contributed by atoms with Crippen LogP contribution in [0, 0.1) is 0 Å². The van der Waals surface area contributed by atoms with E-state index in [0.29, 0.717) is 19.4 Å². The lowest BCUT2D eigenvalue weighted by Gasteiger charge is -2.04. The fourth-order valence-electron chi connectivity index (χ4n) is 1.70. The Morgan fingerprint density at radius 3 is 3.12 bits per heavy atom. The smallest absolute Gasteiger partial charge is 0.224 e. The van der Waals surface area contributed by atoms with Crippen LogP contribution in [0.25, 0.3) is 11.0 Å². The molecule has 17 heavy (non-hydrogen) atoms. The number of hydrogen-bond acceptors (Lipinski definition) is 3. The zero-order valence-electron chi connectivity index (χ0n) is 9.81. The maximum Gasteiger partial charge on any atom is 0.224 e. The zero-order valence-corrected chi connectivity index (χ0v) is 9.81. The topological polar surface area (TPSA) is 72.9 Å². The number of aromatic nitrogens is 2. The van der Waals surface area contributed by atoms with Gasteiger partial charge in [-0.1, -0.05) is 0 Å². The van der Waals surface area contributed by atoms with E-state index in [-0.39, 0.29) is 5.91 Å². The van der Waals surface area contributed by atoms with Gasteiger partial charge in [0.15, 0.2) is 0 Å². The van der Waals surface area contributed by atoms with Crippen molar-refractivity contribution >= 4 is 22.6 Å². The number of benzene rings is 1. The van der Waals surface area contributed by atoms with Crippen LogP contribution in [0.4, 0.5) is 5.69 Å². The fraction of sp³-hybridized carbons (Fsp3) is 0.333. The van der Waals surface area contributed by atoms with Crippen molar-refractivity contribution < 1.29 is 4.79 Å². The third-order valence-corrected chi connectivity index (χ3v) is 2.62. The van der Waals surface area contributed by atoms with Crippen LogP contribution in [-0.2, 0) is 11.8 Å². The lowest BCUT2D eigenvalue weighted by Crippen LogP contribution is -2.13. The van der Waals surface area contributed by atoms with Gasteiger partial charge in [-0.3, -0.25) is 4.79 Å². The van der Waals surface area contributed by atoms with E-state index in [1.807, 2.05) is 29.8 Å². The number of carbonyl (C=O) groups excluding carboxylic acids is 1. The quantitative estimate of drug-likeness (QED) is 0.833. The van der Waals surface area contributed by atoms with E-state index in [1.165, 1.54) is 0 Å². The molecule has 1 aromatic carbocycles. The highest BCUT2D eigenvalue weighted by molar-refractivity contribution is 5.93. The number of rotatable bonds is 4. The first-order valence-electron chi connectivity index (χ1n) is 5.61. The summed E-state index contributed by atoms with van der Waals surface area (Å²) in [5.41, 5.74) is 8.06. The molecule has 5 nitrogen and oxygen atoms in total. The summed E-state index contributed by atoms with van der Waals surface area (Å²) in [6, 6.07) is 5.70. The van der Waals surface area contributed by atoms with Gasteiger partial charge in [0.25, 0.3) is 0 Å². The number of nitrogens with zero attached hydrogens (tertiary/aromatic N) is 2. The summed E-state index contributed by atoms with van der Waals surface area (Å²) < 4.78 is 1.94. The maximum atomic E-state index is 11.5. The molecule has 0 saturated carbocycles. The van der Waals surface area contributed by atoms with Crippen LogP contribution in [0.1, 0.15) is 12.8 Å². The van der Waals surface area contributed by atoms with Crippen molar-refractivity contribution in [2.75, 3.05) is 11.9 Å². The van der Waals surface area contributed by atoms with Gasteiger partial charge in [-0.25, -0.2) is 4.98 Å². The Bertz CT molecular complexity index is 532. The minimum Gasteiger partial charge on any atom is -0.334 e. The first-order valence-corrected chi connectivity index (χ1v) is 5.61. The van der Waals surface area contributed by atoms with E-state index in [1.54, 1.807) is 6.33 Å². The van der Waals surface area contributed by atoms with Crippen LogP contribution in [0.15, 0.2) is 24.5 Å². The molecule has 3 N–H and O–H groups in total. The van der Waals surface area contributed by atoms with Gasteiger partial charge in [-0.2, -0.15) is 0 Å². The predicted octanol–water partition coefficient (Wildman–Crippen LogP) is 1.25. The number of anilines is 1. The number of amides is 1. The maximum absolute atomic E-state index is 11.5. The summed E-state index contributed by atoms with van der Waals surface area (Å²) in [7, 11) is 1.94. The molecular weight excluding hydrogens is 216 g/mol. The third-order valence-electron chi connectivity index (χ3n) is 2.62. The summed E-state index contributed by atoms with van der Waals surface area (Å²) in [5.74, 6) is -0.00858. The molecule has 5 heteroatoms. The molecule has 0 aliphatic rings. The number of nitrogens with one attached hydrogen (secondary N) is 1.